The van der Waals surface area contributed by atoms with Crippen molar-refractivity contribution >= 4 is 38.9 Å². The van der Waals surface area contributed by atoms with Gasteiger partial charge in [-0.1, -0.05) is 29.3 Å². The fourth-order valence-corrected chi connectivity index (χ4v) is 3.07. The number of phenolic OH excluding ortho intramolecular Hbond substituents is 1. The van der Waals surface area contributed by atoms with Crippen molar-refractivity contribution in [2.24, 2.45) is 0 Å². The van der Waals surface area contributed by atoms with Crippen molar-refractivity contribution in [3.63, 3.8) is 0 Å². The molecule has 21 heavy (non-hydrogen) atoms. The van der Waals surface area contributed by atoms with E-state index in [0.29, 0.717) is 0 Å². The number of hydrogen-bond acceptors (Lipinski definition) is 4. The number of aromatic hydroxyl groups is 1. The van der Waals surface area contributed by atoms with Gasteiger partial charge in [-0.05, 0) is 6.07 Å². The van der Waals surface area contributed by atoms with Crippen molar-refractivity contribution in [2.75, 3.05) is 12.8 Å². The first-order valence-corrected chi connectivity index (χ1v) is 8.39. The minimum atomic E-state index is -3.71. The summed E-state index contributed by atoms with van der Waals surface area (Å²) in [4.78, 5) is 10.5. The lowest BCUT2D eigenvalue weighted by Crippen LogP contribution is -2.32. The summed E-state index contributed by atoms with van der Waals surface area (Å²) in [5, 5.41) is 12.4. The van der Waals surface area contributed by atoms with E-state index in [1.165, 1.54) is 13.0 Å². The number of carbonyl (C=O) groups excluding carboxylic acids is 1. The van der Waals surface area contributed by atoms with Crippen LogP contribution >= 0.6 is 23.2 Å². The molecule has 5 nitrogen and oxygen atoms in total. The van der Waals surface area contributed by atoms with Crippen LogP contribution in [-0.4, -0.2) is 32.2 Å². The topological polar surface area (TPSA) is 83.5 Å². The molecule has 0 aliphatic carbocycles. The Morgan fingerprint density at radius 1 is 1.43 bits per heavy atom. The van der Waals surface area contributed by atoms with Gasteiger partial charge in [0.2, 0.25) is 5.91 Å². The number of carbonyl (C=O) groups is 1. The monoisotopic (exact) mass is 357 g/mol. The third kappa shape index (κ3) is 4.21. The van der Waals surface area contributed by atoms with Gasteiger partial charge >= 0.3 is 0 Å². The molecule has 9 heteroatoms. The molecule has 0 saturated heterocycles. The highest BCUT2D eigenvalue weighted by atomic mass is 35.5. The van der Waals surface area contributed by atoms with Crippen molar-refractivity contribution in [1.82, 2.24) is 5.32 Å². The minimum Gasteiger partial charge on any atom is -0.507 e. The van der Waals surface area contributed by atoms with Crippen molar-refractivity contribution < 1.29 is 22.7 Å². The van der Waals surface area contributed by atoms with Crippen LogP contribution in [-0.2, 0) is 25.6 Å². The first kappa shape index (κ1) is 18.0. The SMILES string of the molecule is CC(=O)NCC(Cl)(Cl)c1ccc(S(C)(=O)=O)c(CF)c1O. The lowest BCUT2D eigenvalue weighted by molar-refractivity contribution is -0.119. The minimum absolute atomic E-state index is 0.0837. The summed E-state index contributed by atoms with van der Waals surface area (Å²) < 4.78 is 34.4. The Morgan fingerprint density at radius 3 is 2.43 bits per heavy atom. The maximum Gasteiger partial charge on any atom is 0.216 e. The van der Waals surface area contributed by atoms with Gasteiger partial charge in [0.15, 0.2) is 14.2 Å². The van der Waals surface area contributed by atoms with Gasteiger partial charge in [0.05, 0.1) is 11.4 Å². The van der Waals surface area contributed by atoms with Gasteiger partial charge in [0, 0.05) is 24.3 Å². The van der Waals surface area contributed by atoms with Crippen LogP contribution in [0.4, 0.5) is 4.39 Å². The summed E-state index contributed by atoms with van der Waals surface area (Å²) >= 11 is 12.1. The van der Waals surface area contributed by atoms with E-state index in [1.807, 2.05) is 0 Å². The molecule has 0 atom stereocenters. The number of sulfone groups is 1. The maximum atomic E-state index is 13.1. The van der Waals surface area contributed by atoms with Crippen LogP contribution in [0.25, 0.3) is 0 Å². The van der Waals surface area contributed by atoms with Crippen LogP contribution in [0.3, 0.4) is 0 Å². The van der Waals surface area contributed by atoms with Crippen LogP contribution < -0.4 is 5.32 Å². The summed E-state index contributed by atoms with van der Waals surface area (Å²) in [5.74, 6) is -1.03. The van der Waals surface area contributed by atoms with Crippen molar-refractivity contribution in [2.45, 2.75) is 22.8 Å². The maximum absolute atomic E-state index is 13.1. The van der Waals surface area contributed by atoms with E-state index in [1.54, 1.807) is 0 Å². The van der Waals surface area contributed by atoms with Crippen LogP contribution in [0.15, 0.2) is 17.0 Å². The van der Waals surface area contributed by atoms with E-state index in [9.17, 15) is 22.7 Å². The quantitative estimate of drug-likeness (QED) is 0.789. The molecule has 0 radical (unpaired) electrons. The molecule has 118 valence electrons. The molecular formula is C12H14Cl2FNO4S. The molecule has 0 aliphatic rings. The van der Waals surface area contributed by atoms with E-state index in [2.05, 4.69) is 5.32 Å². The lowest BCUT2D eigenvalue weighted by Gasteiger charge is -2.23. The van der Waals surface area contributed by atoms with E-state index in [4.69, 9.17) is 23.2 Å². The molecule has 0 bridgehead atoms. The highest BCUT2D eigenvalue weighted by Gasteiger charge is 2.32. The van der Waals surface area contributed by atoms with Crippen LogP contribution in [0.5, 0.6) is 5.75 Å². The number of hydrogen-bond donors (Lipinski definition) is 2. The Hall–Kier alpha value is -1.05. The summed E-state index contributed by atoms with van der Waals surface area (Å²) in [6.45, 7) is -0.182. The standard InChI is InChI=1S/C12H14Cl2FNO4S/c1-7(17)16-6-12(13,14)9-3-4-10(21(2,19)20)8(5-15)11(9)18/h3-4,18H,5-6H2,1-2H3,(H,16,17). The second-order valence-corrected chi connectivity index (χ2v) is 7.93. The van der Waals surface area contributed by atoms with Crippen LogP contribution in [0, 0.1) is 0 Å². The molecule has 1 rings (SSSR count). The molecule has 0 aliphatic heterocycles. The average molecular weight is 358 g/mol. The van der Waals surface area contributed by atoms with E-state index < -0.39 is 38.1 Å². The molecule has 0 fully saturated rings. The average Bonchev–Trinajstić information content (AvgIpc) is 2.34. The third-order valence-corrected chi connectivity index (χ3v) is 4.58. The molecule has 1 amide bonds. The molecule has 0 spiro atoms. The normalized spacial score (nSPS) is 12.2. The Balaban J connectivity index is 3.37. The molecule has 0 aromatic heterocycles. The number of alkyl halides is 3. The zero-order chi connectivity index (χ0) is 16.4. The van der Waals surface area contributed by atoms with E-state index in [0.717, 1.165) is 12.3 Å². The predicted octanol–water partition coefficient (Wildman–Crippen LogP) is 2.03. The molecule has 0 saturated carbocycles. The molecule has 2 N–H and O–H groups in total. The zero-order valence-electron chi connectivity index (χ0n) is 11.3. The van der Waals surface area contributed by atoms with Gasteiger partial charge in [0.25, 0.3) is 0 Å². The van der Waals surface area contributed by atoms with E-state index >= 15 is 0 Å². The Kier molecular flexibility index (Phi) is 5.46. The third-order valence-electron chi connectivity index (χ3n) is 2.73. The Morgan fingerprint density at radius 2 is 2.00 bits per heavy atom. The second-order valence-electron chi connectivity index (χ2n) is 4.46. The first-order valence-electron chi connectivity index (χ1n) is 5.74. The predicted molar refractivity (Wildman–Crippen MR) is 78.1 cm³/mol. The van der Waals surface area contributed by atoms with E-state index in [-0.39, 0.29) is 17.0 Å². The number of nitrogens with one attached hydrogen (secondary N) is 1. The summed E-state index contributed by atoms with van der Waals surface area (Å²) in [6.07, 6.45) is 0.895. The van der Waals surface area contributed by atoms with Crippen molar-refractivity contribution in [1.29, 1.82) is 0 Å². The molecule has 1 aromatic rings. The van der Waals surface area contributed by atoms with Gasteiger partial charge < -0.3 is 10.4 Å². The molecular weight excluding hydrogens is 344 g/mol. The van der Waals surface area contributed by atoms with Crippen LogP contribution in [0.1, 0.15) is 18.1 Å². The largest absolute Gasteiger partial charge is 0.507 e. The Labute approximate surface area is 132 Å². The van der Waals surface area contributed by atoms with Gasteiger partial charge in [-0.15, -0.1) is 0 Å². The molecule has 1 aromatic carbocycles. The zero-order valence-corrected chi connectivity index (χ0v) is 13.6. The Bertz CT molecular complexity index is 661. The number of amides is 1. The number of phenols is 1. The van der Waals surface area contributed by atoms with Crippen molar-refractivity contribution in [3.8, 4) is 5.75 Å². The van der Waals surface area contributed by atoms with Crippen LogP contribution in [0.2, 0.25) is 0 Å². The van der Waals surface area contributed by atoms with Gasteiger partial charge in [-0.25, -0.2) is 12.8 Å². The van der Waals surface area contributed by atoms with Gasteiger partial charge in [-0.2, -0.15) is 0 Å². The molecule has 0 unspecified atom stereocenters. The number of benzene rings is 1. The smallest absolute Gasteiger partial charge is 0.216 e. The first-order chi connectivity index (χ1) is 9.50. The highest BCUT2D eigenvalue weighted by Crippen LogP contribution is 2.42. The fraction of sp³-hybridized carbons (Fsp3) is 0.417. The summed E-state index contributed by atoms with van der Waals surface area (Å²) in [6, 6.07) is 2.30. The fourth-order valence-electron chi connectivity index (χ4n) is 1.72. The van der Waals surface area contributed by atoms with Gasteiger partial charge in [0.1, 0.15) is 12.4 Å². The highest BCUT2D eigenvalue weighted by molar-refractivity contribution is 7.90. The lowest BCUT2D eigenvalue weighted by atomic mass is 10.1. The molecule has 0 heterocycles. The second kappa shape index (κ2) is 6.37. The summed E-state index contributed by atoms with van der Waals surface area (Å²) in [7, 11) is -3.71. The van der Waals surface area contributed by atoms with Gasteiger partial charge in [-0.3, -0.25) is 4.79 Å². The van der Waals surface area contributed by atoms with Crippen molar-refractivity contribution in [3.05, 3.63) is 23.3 Å². The number of halogens is 3. The number of rotatable bonds is 5. The summed E-state index contributed by atoms with van der Waals surface area (Å²) in [5.41, 5.74) is -0.497.